The predicted octanol–water partition coefficient (Wildman–Crippen LogP) is 2.30. The minimum absolute atomic E-state index is 0.945. The van der Waals surface area contributed by atoms with Crippen LogP contribution in [0.15, 0.2) is 18.2 Å². The Morgan fingerprint density at radius 1 is 1.23 bits per heavy atom. The van der Waals surface area contributed by atoms with Gasteiger partial charge in [-0.2, -0.15) is 15.4 Å². The molecular formula is C10H13N3. The number of nitrogens with zero attached hydrogens (tertiary/aromatic N) is 2. The van der Waals surface area contributed by atoms with Crippen molar-refractivity contribution in [1.82, 2.24) is 15.4 Å². The Labute approximate surface area is 77.2 Å². The summed E-state index contributed by atoms with van der Waals surface area (Å²) >= 11 is 0. The summed E-state index contributed by atoms with van der Waals surface area (Å²) in [5, 5.41) is 10.7. The van der Waals surface area contributed by atoms with E-state index in [0.717, 1.165) is 17.5 Å². The number of H-pyrrole nitrogens is 1. The molecule has 0 bridgehead atoms. The van der Waals surface area contributed by atoms with Crippen LogP contribution in [0.3, 0.4) is 0 Å². The first kappa shape index (κ1) is 8.23. The molecule has 13 heavy (non-hydrogen) atoms. The fraction of sp³-hybridized carbons (Fsp3) is 0.400. The first-order valence-corrected chi connectivity index (χ1v) is 4.69. The molecule has 0 unspecified atom stereocenters. The van der Waals surface area contributed by atoms with Gasteiger partial charge in [-0.25, -0.2) is 0 Å². The van der Waals surface area contributed by atoms with E-state index in [0.29, 0.717) is 0 Å². The lowest BCUT2D eigenvalue weighted by molar-refractivity contribution is 0.796. The Morgan fingerprint density at radius 2 is 2.08 bits per heavy atom. The van der Waals surface area contributed by atoms with Gasteiger partial charge in [-0.1, -0.05) is 19.4 Å². The van der Waals surface area contributed by atoms with E-state index in [1.807, 2.05) is 6.07 Å². The van der Waals surface area contributed by atoms with Crippen molar-refractivity contribution in [3.05, 3.63) is 23.8 Å². The van der Waals surface area contributed by atoms with Gasteiger partial charge in [-0.05, 0) is 30.5 Å². The zero-order chi connectivity index (χ0) is 9.10. The Hall–Kier alpha value is -1.38. The third-order valence-corrected chi connectivity index (χ3v) is 2.20. The minimum Gasteiger partial charge on any atom is -0.197 e. The van der Waals surface area contributed by atoms with Crippen LogP contribution in [0.1, 0.15) is 25.3 Å². The second-order valence-corrected chi connectivity index (χ2v) is 3.25. The van der Waals surface area contributed by atoms with Crippen LogP contribution < -0.4 is 0 Å². The summed E-state index contributed by atoms with van der Waals surface area (Å²) < 4.78 is 0. The molecule has 0 saturated carbocycles. The van der Waals surface area contributed by atoms with Gasteiger partial charge in [0.05, 0.1) is 0 Å². The summed E-state index contributed by atoms with van der Waals surface area (Å²) in [6, 6.07) is 6.25. The molecule has 0 aliphatic heterocycles. The summed E-state index contributed by atoms with van der Waals surface area (Å²) in [7, 11) is 0. The molecule has 1 aromatic carbocycles. The lowest BCUT2D eigenvalue weighted by atomic mass is 10.1. The van der Waals surface area contributed by atoms with Crippen LogP contribution in [0.25, 0.3) is 11.0 Å². The Kier molecular flexibility index (Phi) is 2.25. The maximum Gasteiger partial charge on any atom is 0.113 e. The highest BCUT2D eigenvalue weighted by molar-refractivity contribution is 5.74. The number of aromatic nitrogens is 3. The molecule has 2 aromatic rings. The van der Waals surface area contributed by atoms with Crippen molar-refractivity contribution in [2.45, 2.75) is 26.2 Å². The molecule has 0 amide bonds. The highest BCUT2D eigenvalue weighted by Gasteiger charge is 1.98. The molecule has 3 nitrogen and oxygen atoms in total. The van der Waals surface area contributed by atoms with E-state index in [1.54, 1.807) is 0 Å². The molecule has 0 spiro atoms. The van der Waals surface area contributed by atoms with Crippen molar-refractivity contribution in [3.8, 4) is 0 Å². The van der Waals surface area contributed by atoms with E-state index in [4.69, 9.17) is 0 Å². The summed E-state index contributed by atoms with van der Waals surface area (Å²) in [5.74, 6) is 0. The Morgan fingerprint density at radius 3 is 2.92 bits per heavy atom. The van der Waals surface area contributed by atoms with Gasteiger partial charge in [0.2, 0.25) is 0 Å². The van der Waals surface area contributed by atoms with Gasteiger partial charge < -0.3 is 0 Å². The van der Waals surface area contributed by atoms with Crippen molar-refractivity contribution in [1.29, 1.82) is 0 Å². The summed E-state index contributed by atoms with van der Waals surface area (Å²) in [5.41, 5.74) is 3.26. The lowest BCUT2D eigenvalue weighted by Crippen LogP contribution is -1.83. The molecular weight excluding hydrogens is 162 g/mol. The number of aromatic amines is 1. The molecule has 0 aliphatic carbocycles. The molecule has 0 atom stereocenters. The molecule has 2 rings (SSSR count). The average molecular weight is 175 g/mol. The van der Waals surface area contributed by atoms with E-state index < -0.39 is 0 Å². The zero-order valence-corrected chi connectivity index (χ0v) is 7.75. The number of benzene rings is 1. The molecule has 3 heteroatoms. The van der Waals surface area contributed by atoms with Crippen LogP contribution in [0.4, 0.5) is 0 Å². The van der Waals surface area contributed by atoms with Crippen LogP contribution in [0, 0.1) is 0 Å². The third-order valence-electron chi connectivity index (χ3n) is 2.20. The molecule has 0 fully saturated rings. The monoisotopic (exact) mass is 175 g/mol. The van der Waals surface area contributed by atoms with Gasteiger partial charge in [-0.3, -0.25) is 0 Å². The quantitative estimate of drug-likeness (QED) is 0.777. The first-order valence-electron chi connectivity index (χ1n) is 4.69. The number of unbranched alkanes of at least 4 members (excludes halogenated alkanes) is 1. The van der Waals surface area contributed by atoms with Crippen molar-refractivity contribution >= 4 is 11.0 Å². The van der Waals surface area contributed by atoms with Gasteiger partial charge in [0.1, 0.15) is 11.0 Å². The largest absolute Gasteiger partial charge is 0.197 e. The van der Waals surface area contributed by atoms with Gasteiger partial charge in [0.25, 0.3) is 0 Å². The zero-order valence-electron chi connectivity index (χ0n) is 7.75. The summed E-state index contributed by atoms with van der Waals surface area (Å²) in [4.78, 5) is 0. The van der Waals surface area contributed by atoms with Crippen molar-refractivity contribution in [2.24, 2.45) is 0 Å². The van der Waals surface area contributed by atoms with Crippen molar-refractivity contribution < 1.29 is 0 Å². The fourth-order valence-electron chi connectivity index (χ4n) is 1.42. The third kappa shape index (κ3) is 1.69. The number of rotatable bonds is 3. The number of fused-ring (bicyclic) bond motifs is 1. The standard InChI is InChI=1S/C10H13N3/c1-2-3-4-8-5-6-9-10(7-8)12-13-11-9/h5-7H,2-4H2,1H3,(H,11,12,13). The fourth-order valence-corrected chi connectivity index (χ4v) is 1.42. The molecule has 1 heterocycles. The van der Waals surface area contributed by atoms with Crippen LogP contribution in [-0.2, 0) is 6.42 Å². The number of nitrogens with one attached hydrogen (secondary N) is 1. The van der Waals surface area contributed by atoms with Crippen LogP contribution in [0.2, 0.25) is 0 Å². The highest BCUT2D eigenvalue weighted by atomic mass is 15.3. The summed E-state index contributed by atoms with van der Waals surface area (Å²) in [6.07, 6.45) is 3.61. The Bertz CT molecular complexity index is 392. The highest BCUT2D eigenvalue weighted by Crippen LogP contribution is 2.12. The van der Waals surface area contributed by atoms with E-state index in [2.05, 4.69) is 34.5 Å². The van der Waals surface area contributed by atoms with E-state index in [9.17, 15) is 0 Å². The van der Waals surface area contributed by atoms with E-state index in [1.165, 1.54) is 18.4 Å². The molecule has 1 N–H and O–H groups in total. The van der Waals surface area contributed by atoms with Gasteiger partial charge >= 0.3 is 0 Å². The van der Waals surface area contributed by atoms with Crippen LogP contribution in [0.5, 0.6) is 0 Å². The second-order valence-electron chi connectivity index (χ2n) is 3.25. The maximum absolute atomic E-state index is 4.05. The topological polar surface area (TPSA) is 41.6 Å². The minimum atomic E-state index is 0.945. The number of hydrogen-bond acceptors (Lipinski definition) is 2. The normalized spacial score (nSPS) is 10.8. The molecule has 1 aromatic heterocycles. The summed E-state index contributed by atoms with van der Waals surface area (Å²) in [6.45, 7) is 2.20. The van der Waals surface area contributed by atoms with Crippen LogP contribution in [-0.4, -0.2) is 15.4 Å². The number of aryl methyl sites for hydroxylation is 1. The van der Waals surface area contributed by atoms with Gasteiger partial charge in [0.15, 0.2) is 0 Å². The molecule has 0 aliphatic rings. The predicted molar refractivity (Wildman–Crippen MR) is 52.5 cm³/mol. The Balaban J connectivity index is 2.26. The van der Waals surface area contributed by atoms with Crippen molar-refractivity contribution in [3.63, 3.8) is 0 Å². The first-order chi connectivity index (χ1) is 6.40. The lowest BCUT2D eigenvalue weighted by Gasteiger charge is -1.97. The van der Waals surface area contributed by atoms with Gasteiger partial charge in [0, 0.05) is 0 Å². The SMILES string of the molecule is CCCCc1ccc2n[nH]nc2c1. The number of hydrogen-bond donors (Lipinski definition) is 1. The average Bonchev–Trinajstić information content (AvgIpc) is 2.61. The van der Waals surface area contributed by atoms with Crippen molar-refractivity contribution in [2.75, 3.05) is 0 Å². The molecule has 0 radical (unpaired) electrons. The molecule has 0 saturated heterocycles. The second kappa shape index (κ2) is 3.56. The maximum atomic E-state index is 4.05. The van der Waals surface area contributed by atoms with Crippen LogP contribution >= 0.6 is 0 Å². The van der Waals surface area contributed by atoms with E-state index >= 15 is 0 Å². The van der Waals surface area contributed by atoms with E-state index in [-0.39, 0.29) is 0 Å². The smallest absolute Gasteiger partial charge is 0.113 e. The van der Waals surface area contributed by atoms with Gasteiger partial charge in [-0.15, -0.1) is 0 Å². The molecule has 68 valence electrons.